The highest BCUT2D eigenvalue weighted by Crippen LogP contribution is 2.30. The number of benzene rings is 2. The Morgan fingerprint density at radius 1 is 1.24 bits per heavy atom. The number of nitrogens with zero attached hydrogens (tertiary/aromatic N) is 1. The topological polar surface area (TPSA) is 86.7 Å². The molecule has 2 aromatic rings. The molecule has 0 saturated heterocycles. The summed E-state index contributed by atoms with van der Waals surface area (Å²) in [4.78, 5) is 12.3. The van der Waals surface area contributed by atoms with Crippen molar-refractivity contribution in [3.63, 3.8) is 0 Å². The molecule has 1 heterocycles. The van der Waals surface area contributed by atoms with Crippen LogP contribution in [0.4, 0.5) is 5.69 Å². The van der Waals surface area contributed by atoms with Crippen LogP contribution in [0.5, 0.6) is 5.75 Å². The summed E-state index contributed by atoms with van der Waals surface area (Å²) in [6, 6.07) is 12.0. The number of anilines is 1. The Balaban J connectivity index is 1.64. The van der Waals surface area contributed by atoms with Crippen LogP contribution in [0.25, 0.3) is 0 Å². The van der Waals surface area contributed by atoms with Crippen LogP contribution in [-0.2, 0) is 22.9 Å². The van der Waals surface area contributed by atoms with Gasteiger partial charge in [-0.05, 0) is 54.3 Å². The van der Waals surface area contributed by atoms with E-state index in [1.807, 2.05) is 6.07 Å². The van der Waals surface area contributed by atoms with Gasteiger partial charge in [0.1, 0.15) is 5.75 Å². The van der Waals surface area contributed by atoms with Crippen LogP contribution in [0.3, 0.4) is 0 Å². The third kappa shape index (κ3) is 3.93. The number of hydrogen-bond acceptors (Lipinski definition) is 4. The Morgan fingerprint density at radius 3 is 2.76 bits per heavy atom. The fourth-order valence-electron chi connectivity index (χ4n) is 2.99. The van der Waals surface area contributed by atoms with E-state index in [9.17, 15) is 18.3 Å². The van der Waals surface area contributed by atoms with E-state index >= 15 is 0 Å². The maximum Gasteiger partial charge on any atom is 0.251 e. The maximum atomic E-state index is 12.3. The minimum atomic E-state index is -3.29. The zero-order valence-corrected chi connectivity index (χ0v) is 14.7. The van der Waals surface area contributed by atoms with E-state index in [2.05, 4.69) is 5.32 Å². The van der Waals surface area contributed by atoms with Crippen molar-refractivity contribution in [3.8, 4) is 5.75 Å². The average molecular weight is 360 g/mol. The van der Waals surface area contributed by atoms with Crippen LogP contribution >= 0.6 is 0 Å². The molecule has 25 heavy (non-hydrogen) atoms. The molecule has 0 spiro atoms. The smallest absolute Gasteiger partial charge is 0.251 e. The largest absolute Gasteiger partial charge is 0.508 e. The number of hydrogen-bond donors (Lipinski definition) is 2. The van der Waals surface area contributed by atoms with E-state index in [-0.39, 0.29) is 11.7 Å². The first kappa shape index (κ1) is 17.3. The number of amides is 1. The molecule has 6 nitrogen and oxygen atoms in total. The fourth-order valence-corrected chi connectivity index (χ4v) is 3.95. The minimum absolute atomic E-state index is 0.194. The molecule has 0 aromatic heterocycles. The first-order chi connectivity index (χ1) is 11.8. The third-order valence-electron chi connectivity index (χ3n) is 4.20. The van der Waals surface area contributed by atoms with E-state index < -0.39 is 10.0 Å². The summed E-state index contributed by atoms with van der Waals surface area (Å²) >= 11 is 0. The van der Waals surface area contributed by atoms with Gasteiger partial charge in [0.15, 0.2) is 0 Å². The molecule has 1 amide bonds. The molecular weight excluding hydrogens is 340 g/mol. The maximum absolute atomic E-state index is 12.3. The highest BCUT2D eigenvalue weighted by molar-refractivity contribution is 7.92. The van der Waals surface area contributed by atoms with Crippen molar-refractivity contribution >= 4 is 21.6 Å². The van der Waals surface area contributed by atoms with Gasteiger partial charge < -0.3 is 10.4 Å². The van der Waals surface area contributed by atoms with Crippen molar-refractivity contribution in [2.75, 3.05) is 23.7 Å². The monoisotopic (exact) mass is 360 g/mol. The number of rotatable bonds is 5. The second-order valence-corrected chi connectivity index (χ2v) is 8.01. The van der Waals surface area contributed by atoms with Crippen LogP contribution in [0.15, 0.2) is 42.5 Å². The summed E-state index contributed by atoms with van der Waals surface area (Å²) in [6.45, 7) is 0.867. The summed E-state index contributed by atoms with van der Waals surface area (Å²) in [5.74, 6) is 0.0126. The van der Waals surface area contributed by atoms with Gasteiger partial charge in [-0.25, -0.2) is 8.42 Å². The molecular formula is C18H20N2O4S. The summed E-state index contributed by atoms with van der Waals surface area (Å²) in [5.41, 5.74) is 2.98. The van der Waals surface area contributed by atoms with E-state index in [0.717, 1.165) is 11.1 Å². The summed E-state index contributed by atoms with van der Waals surface area (Å²) < 4.78 is 24.9. The van der Waals surface area contributed by atoms with Crippen molar-refractivity contribution in [1.29, 1.82) is 0 Å². The van der Waals surface area contributed by atoms with E-state index in [4.69, 9.17) is 0 Å². The van der Waals surface area contributed by atoms with Crippen LogP contribution in [0, 0.1) is 0 Å². The molecule has 0 fully saturated rings. The van der Waals surface area contributed by atoms with Gasteiger partial charge in [0.2, 0.25) is 10.0 Å². The summed E-state index contributed by atoms with van der Waals surface area (Å²) in [5, 5.41) is 12.3. The number of phenols is 1. The van der Waals surface area contributed by atoms with Gasteiger partial charge in [-0.2, -0.15) is 0 Å². The Labute approximate surface area is 147 Å². The van der Waals surface area contributed by atoms with Crippen LogP contribution in [-0.4, -0.2) is 38.8 Å². The number of nitrogens with one attached hydrogen (secondary N) is 1. The number of carbonyl (C=O) groups is 1. The van der Waals surface area contributed by atoms with Crippen molar-refractivity contribution in [2.24, 2.45) is 0 Å². The van der Waals surface area contributed by atoms with E-state index in [1.165, 1.54) is 10.6 Å². The molecule has 0 radical (unpaired) electrons. The SMILES string of the molecule is CS(=O)(=O)N1CCc2cc(C(=O)NCCc3cccc(O)c3)ccc21. The fraction of sp³-hybridized carbons (Fsp3) is 0.278. The molecule has 2 aromatic carbocycles. The predicted octanol–water partition coefficient (Wildman–Crippen LogP) is 1.69. The lowest BCUT2D eigenvalue weighted by Gasteiger charge is -2.16. The average Bonchev–Trinajstić information content (AvgIpc) is 2.98. The Kier molecular flexibility index (Phi) is 4.67. The molecule has 0 bridgehead atoms. The van der Waals surface area contributed by atoms with Gasteiger partial charge in [-0.3, -0.25) is 9.10 Å². The highest BCUT2D eigenvalue weighted by atomic mass is 32.2. The van der Waals surface area contributed by atoms with Crippen molar-refractivity contribution in [2.45, 2.75) is 12.8 Å². The van der Waals surface area contributed by atoms with Gasteiger partial charge >= 0.3 is 0 Å². The molecule has 0 atom stereocenters. The van der Waals surface area contributed by atoms with Gasteiger partial charge in [-0.1, -0.05) is 12.1 Å². The molecule has 0 unspecified atom stereocenters. The van der Waals surface area contributed by atoms with Crippen molar-refractivity contribution in [3.05, 3.63) is 59.2 Å². The van der Waals surface area contributed by atoms with Crippen LogP contribution in [0.2, 0.25) is 0 Å². The lowest BCUT2D eigenvalue weighted by Crippen LogP contribution is -2.27. The zero-order chi connectivity index (χ0) is 18.0. The predicted molar refractivity (Wildman–Crippen MR) is 96.5 cm³/mol. The van der Waals surface area contributed by atoms with E-state index in [0.29, 0.717) is 37.2 Å². The summed E-state index contributed by atoms with van der Waals surface area (Å²) in [6.07, 6.45) is 2.41. The number of aromatic hydroxyl groups is 1. The standard InChI is InChI=1S/C18H20N2O4S/c1-25(23,24)20-10-8-14-12-15(5-6-17(14)20)18(22)19-9-7-13-3-2-4-16(21)11-13/h2-6,11-12,21H,7-10H2,1H3,(H,19,22). The third-order valence-corrected chi connectivity index (χ3v) is 5.38. The second-order valence-electron chi connectivity index (χ2n) is 6.10. The molecule has 7 heteroatoms. The second kappa shape index (κ2) is 6.76. The van der Waals surface area contributed by atoms with Crippen LogP contribution in [0.1, 0.15) is 21.5 Å². The first-order valence-electron chi connectivity index (χ1n) is 8.01. The Morgan fingerprint density at radius 2 is 2.04 bits per heavy atom. The molecule has 1 aliphatic rings. The lowest BCUT2D eigenvalue weighted by molar-refractivity contribution is 0.0954. The molecule has 1 aliphatic heterocycles. The number of fused-ring (bicyclic) bond motifs is 1. The lowest BCUT2D eigenvalue weighted by atomic mass is 10.1. The number of carbonyl (C=O) groups excluding carboxylic acids is 1. The molecule has 3 rings (SSSR count). The normalized spacial score (nSPS) is 13.6. The zero-order valence-electron chi connectivity index (χ0n) is 13.9. The van der Waals surface area contributed by atoms with Gasteiger partial charge in [0.05, 0.1) is 11.9 Å². The number of sulfonamides is 1. The molecule has 2 N–H and O–H groups in total. The van der Waals surface area contributed by atoms with Gasteiger partial charge in [-0.15, -0.1) is 0 Å². The van der Waals surface area contributed by atoms with Crippen LogP contribution < -0.4 is 9.62 Å². The Bertz CT molecular complexity index is 909. The van der Waals surface area contributed by atoms with E-state index in [1.54, 1.807) is 36.4 Å². The minimum Gasteiger partial charge on any atom is -0.508 e. The highest BCUT2D eigenvalue weighted by Gasteiger charge is 2.26. The molecule has 132 valence electrons. The quantitative estimate of drug-likeness (QED) is 0.849. The number of phenolic OH excluding ortho intramolecular Hbond substituents is 1. The first-order valence-corrected chi connectivity index (χ1v) is 9.86. The molecule has 0 saturated carbocycles. The Hall–Kier alpha value is -2.54. The van der Waals surface area contributed by atoms with Crippen molar-refractivity contribution in [1.82, 2.24) is 5.32 Å². The van der Waals surface area contributed by atoms with Gasteiger partial charge in [0, 0.05) is 18.7 Å². The van der Waals surface area contributed by atoms with Gasteiger partial charge in [0.25, 0.3) is 5.91 Å². The molecule has 0 aliphatic carbocycles. The summed E-state index contributed by atoms with van der Waals surface area (Å²) in [7, 11) is -3.29. The van der Waals surface area contributed by atoms with Crippen molar-refractivity contribution < 1.29 is 18.3 Å².